The van der Waals surface area contributed by atoms with E-state index in [1.807, 2.05) is 19.1 Å². The Morgan fingerprint density at radius 2 is 1.89 bits per heavy atom. The molecule has 1 fully saturated rings. The standard InChI is InChI=1S/C16H26N2O/c1-3-19-16-6-4-15(5-7-16)17-10-13-18-11-8-14(2)9-12-18/h4-7,14,17H,3,8-13H2,1-2H3. The van der Waals surface area contributed by atoms with Crippen molar-refractivity contribution in [2.75, 3.05) is 38.1 Å². The van der Waals surface area contributed by atoms with Crippen LogP contribution < -0.4 is 10.1 Å². The highest BCUT2D eigenvalue weighted by Crippen LogP contribution is 2.17. The number of hydrogen-bond acceptors (Lipinski definition) is 3. The molecule has 3 heteroatoms. The van der Waals surface area contributed by atoms with Gasteiger partial charge in [-0.1, -0.05) is 6.92 Å². The minimum absolute atomic E-state index is 0.722. The van der Waals surface area contributed by atoms with Crippen molar-refractivity contribution in [1.29, 1.82) is 0 Å². The summed E-state index contributed by atoms with van der Waals surface area (Å²) in [5, 5.41) is 3.48. The molecular weight excluding hydrogens is 236 g/mol. The van der Waals surface area contributed by atoms with Gasteiger partial charge in [-0.15, -0.1) is 0 Å². The Kier molecular flexibility index (Phi) is 5.52. The summed E-state index contributed by atoms with van der Waals surface area (Å²) in [6, 6.07) is 8.22. The van der Waals surface area contributed by atoms with Crippen LogP contribution in [-0.4, -0.2) is 37.7 Å². The lowest BCUT2D eigenvalue weighted by Gasteiger charge is -2.30. The van der Waals surface area contributed by atoms with E-state index in [0.717, 1.165) is 31.4 Å². The number of anilines is 1. The molecule has 3 nitrogen and oxygen atoms in total. The van der Waals surface area contributed by atoms with E-state index in [2.05, 4.69) is 29.3 Å². The molecular formula is C16H26N2O. The summed E-state index contributed by atoms with van der Waals surface area (Å²) in [7, 11) is 0. The van der Waals surface area contributed by atoms with E-state index < -0.39 is 0 Å². The SMILES string of the molecule is CCOc1ccc(NCCN2CCC(C)CC2)cc1. The van der Waals surface area contributed by atoms with Crippen LogP contribution >= 0.6 is 0 Å². The minimum Gasteiger partial charge on any atom is -0.494 e. The van der Waals surface area contributed by atoms with E-state index in [0.29, 0.717) is 0 Å². The number of benzene rings is 1. The van der Waals surface area contributed by atoms with Crippen molar-refractivity contribution in [1.82, 2.24) is 4.90 Å². The lowest BCUT2D eigenvalue weighted by Crippen LogP contribution is -2.36. The third-order valence-electron chi connectivity index (χ3n) is 3.80. The summed E-state index contributed by atoms with van der Waals surface area (Å²) >= 11 is 0. The Bertz CT molecular complexity index is 356. The first kappa shape index (κ1) is 14.2. The van der Waals surface area contributed by atoms with Crippen LogP contribution in [0.15, 0.2) is 24.3 Å². The Morgan fingerprint density at radius 1 is 1.21 bits per heavy atom. The summed E-state index contributed by atoms with van der Waals surface area (Å²) in [5.74, 6) is 1.85. The quantitative estimate of drug-likeness (QED) is 0.852. The van der Waals surface area contributed by atoms with Crippen LogP contribution in [-0.2, 0) is 0 Å². The molecule has 0 aromatic heterocycles. The Labute approximate surface area is 116 Å². The van der Waals surface area contributed by atoms with Gasteiger partial charge in [0, 0.05) is 18.8 Å². The molecule has 19 heavy (non-hydrogen) atoms. The Morgan fingerprint density at radius 3 is 2.53 bits per heavy atom. The summed E-state index contributed by atoms with van der Waals surface area (Å²) in [5.41, 5.74) is 1.17. The molecule has 106 valence electrons. The summed E-state index contributed by atoms with van der Waals surface area (Å²) in [4.78, 5) is 2.56. The fourth-order valence-corrected chi connectivity index (χ4v) is 2.48. The first-order chi connectivity index (χ1) is 9.28. The van der Waals surface area contributed by atoms with Crippen molar-refractivity contribution < 1.29 is 4.74 Å². The van der Waals surface area contributed by atoms with Crippen LogP contribution in [0.5, 0.6) is 5.75 Å². The van der Waals surface area contributed by atoms with Crippen molar-refractivity contribution in [2.24, 2.45) is 5.92 Å². The number of rotatable bonds is 6. The molecule has 0 atom stereocenters. The molecule has 1 aromatic rings. The van der Waals surface area contributed by atoms with Crippen molar-refractivity contribution in [3.05, 3.63) is 24.3 Å². The fraction of sp³-hybridized carbons (Fsp3) is 0.625. The lowest BCUT2D eigenvalue weighted by atomic mass is 9.99. The Balaban J connectivity index is 1.67. The number of likely N-dealkylation sites (tertiary alicyclic amines) is 1. The van der Waals surface area contributed by atoms with E-state index in [1.54, 1.807) is 0 Å². The van der Waals surface area contributed by atoms with Crippen molar-refractivity contribution in [3.8, 4) is 5.75 Å². The normalized spacial score (nSPS) is 17.4. The molecule has 1 aromatic carbocycles. The minimum atomic E-state index is 0.722. The maximum absolute atomic E-state index is 5.43. The maximum Gasteiger partial charge on any atom is 0.119 e. The highest BCUT2D eigenvalue weighted by molar-refractivity contribution is 5.46. The molecule has 0 bridgehead atoms. The highest BCUT2D eigenvalue weighted by atomic mass is 16.5. The second-order valence-corrected chi connectivity index (χ2v) is 5.41. The smallest absolute Gasteiger partial charge is 0.119 e. The molecule has 1 aliphatic heterocycles. The number of piperidine rings is 1. The molecule has 0 spiro atoms. The largest absolute Gasteiger partial charge is 0.494 e. The second kappa shape index (κ2) is 7.39. The van der Waals surface area contributed by atoms with Gasteiger partial charge >= 0.3 is 0 Å². The molecule has 1 heterocycles. The zero-order valence-corrected chi connectivity index (χ0v) is 12.2. The van der Waals surface area contributed by atoms with E-state index in [-0.39, 0.29) is 0 Å². The number of nitrogens with zero attached hydrogens (tertiary/aromatic N) is 1. The molecule has 0 saturated carbocycles. The summed E-state index contributed by atoms with van der Waals surface area (Å²) < 4.78 is 5.43. The third kappa shape index (κ3) is 4.75. The van der Waals surface area contributed by atoms with Crippen LogP contribution in [0, 0.1) is 5.92 Å². The van der Waals surface area contributed by atoms with E-state index in [4.69, 9.17) is 4.74 Å². The molecule has 1 saturated heterocycles. The van der Waals surface area contributed by atoms with Crippen molar-refractivity contribution in [2.45, 2.75) is 26.7 Å². The molecule has 2 rings (SSSR count). The van der Waals surface area contributed by atoms with Gasteiger partial charge in [0.2, 0.25) is 0 Å². The zero-order chi connectivity index (χ0) is 13.5. The summed E-state index contributed by atoms with van der Waals surface area (Å²) in [6.07, 6.45) is 2.70. The van der Waals surface area contributed by atoms with Crippen LogP contribution in [0.4, 0.5) is 5.69 Å². The third-order valence-corrected chi connectivity index (χ3v) is 3.80. The first-order valence-corrected chi connectivity index (χ1v) is 7.47. The van der Waals surface area contributed by atoms with Gasteiger partial charge in [0.15, 0.2) is 0 Å². The topological polar surface area (TPSA) is 24.5 Å². The van der Waals surface area contributed by atoms with Crippen LogP contribution in [0.2, 0.25) is 0 Å². The summed E-state index contributed by atoms with van der Waals surface area (Å²) in [6.45, 7) is 9.75. The van der Waals surface area contributed by atoms with Gasteiger partial charge in [-0.05, 0) is 63.0 Å². The second-order valence-electron chi connectivity index (χ2n) is 5.41. The van der Waals surface area contributed by atoms with Crippen molar-refractivity contribution in [3.63, 3.8) is 0 Å². The van der Waals surface area contributed by atoms with Gasteiger partial charge in [0.25, 0.3) is 0 Å². The van der Waals surface area contributed by atoms with Crippen LogP contribution in [0.1, 0.15) is 26.7 Å². The number of ether oxygens (including phenoxy) is 1. The predicted molar refractivity (Wildman–Crippen MR) is 80.9 cm³/mol. The van der Waals surface area contributed by atoms with Gasteiger partial charge in [-0.3, -0.25) is 0 Å². The monoisotopic (exact) mass is 262 g/mol. The average Bonchev–Trinajstić information content (AvgIpc) is 2.43. The molecule has 0 unspecified atom stereocenters. The van der Waals surface area contributed by atoms with Gasteiger partial charge in [-0.25, -0.2) is 0 Å². The number of nitrogens with one attached hydrogen (secondary N) is 1. The van der Waals surface area contributed by atoms with Crippen molar-refractivity contribution >= 4 is 5.69 Å². The highest BCUT2D eigenvalue weighted by Gasteiger charge is 2.14. The van der Waals surface area contributed by atoms with Gasteiger partial charge in [-0.2, -0.15) is 0 Å². The predicted octanol–water partition coefficient (Wildman–Crippen LogP) is 3.23. The lowest BCUT2D eigenvalue weighted by molar-refractivity contribution is 0.199. The van der Waals surface area contributed by atoms with E-state index in [9.17, 15) is 0 Å². The van der Waals surface area contributed by atoms with Crippen LogP contribution in [0.25, 0.3) is 0 Å². The van der Waals surface area contributed by atoms with Crippen LogP contribution in [0.3, 0.4) is 0 Å². The first-order valence-electron chi connectivity index (χ1n) is 7.47. The molecule has 0 amide bonds. The van der Waals surface area contributed by atoms with Gasteiger partial charge in [0.05, 0.1) is 6.61 Å². The molecule has 1 aliphatic rings. The Hall–Kier alpha value is -1.22. The average molecular weight is 262 g/mol. The zero-order valence-electron chi connectivity index (χ0n) is 12.2. The fourth-order valence-electron chi connectivity index (χ4n) is 2.48. The molecule has 1 N–H and O–H groups in total. The van der Waals surface area contributed by atoms with Gasteiger partial charge < -0.3 is 15.0 Å². The van der Waals surface area contributed by atoms with E-state index >= 15 is 0 Å². The molecule has 0 aliphatic carbocycles. The molecule has 0 radical (unpaired) electrons. The van der Waals surface area contributed by atoms with E-state index in [1.165, 1.54) is 31.6 Å². The van der Waals surface area contributed by atoms with Gasteiger partial charge in [0.1, 0.15) is 5.75 Å². The number of hydrogen-bond donors (Lipinski definition) is 1. The maximum atomic E-state index is 5.43.